The number of rotatable bonds is 3. The normalized spacial score (nSPS) is 24.5. The monoisotopic (exact) mass is 580 g/mol. The van der Waals surface area contributed by atoms with E-state index in [0.29, 0.717) is 38.9 Å². The van der Waals surface area contributed by atoms with Gasteiger partial charge in [-0.2, -0.15) is 4.31 Å². The Balaban J connectivity index is 1.30. The first-order valence-electron chi connectivity index (χ1n) is 13.9. The molecular formula is C30H33FN4O5S. The number of carbonyl (C=O) groups excluding carboxylic acids is 1. The summed E-state index contributed by atoms with van der Waals surface area (Å²) in [5, 5.41) is 13.7. The summed E-state index contributed by atoms with van der Waals surface area (Å²) in [6.07, 6.45) is 4.18. The van der Waals surface area contributed by atoms with Crippen molar-refractivity contribution in [1.29, 1.82) is 0 Å². The SMILES string of the molecule is O=C1NC2(CCOc3cc(-c4cccnc4)ccc3S(=O)(=O)N3C[C@H](O)C[C@@H]13)CCN(Cc1cccc(F)c1)CC2. The molecule has 1 amide bonds. The van der Waals surface area contributed by atoms with Gasteiger partial charge in [-0.05, 0) is 54.3 Å². The van der Waals surface area contributed by atoms with Gasteiger partial charge in [0.2, 0.25) is 15.9 Å². The number of hydrogen-bond donors (Lipinski definition) is 2. The van der Waals surface area contributed by atoms with Gasteiger partial charge in [0.1, 0.15) is 22.5 Å². The molecule has 1 spiro atoms. The minimum Gasteiger partial charge on any atom is -0.492 e. The number of benzene rings is 2. The molecule has 2 fully saturated rings. The summed E-state index contributed by atoms with van der Waals surface area (Å²) in [6.45, 7) is 1.99. The Morgan fingerprint density at radius 2 is 1.90 bits per heavy atom. The molecule has 2 saturated heterocycles. The van der Waals surface area contributed by atoms with Gasteiger partial charge in [0.15, 0.2) is 0 Å². The summed E-state index contributed by atoms with van der Waals surface area (Å²) < 4.78 is 48.8. The number of hydrogen-bond acceptors (Lipinski definition) is 7. The van der Waals surface area contributed by atoms with E-state index in [1.54, 1.807) is 36.7 Å². The highest BCUT2D eigenvalue weighted by Crippen LogP contribution is 2.37. The number of amides is 1. The predicted molar refractivity (Wildman–Crippen MR) is 150 cm³/mol. The van der Waals surface area contributed by atoms with Gasteiger partial charge in [0, 0.05) is 62.5 Å². The van der Waals surface area contributed by atoms with Crippen LogP contribution in [0, 0.1) is 5.82 Å². The molecule has 9 nitrogen and oxygen atoms in total. The van der Waals surface area contributed by atoms with Crippen molar-refractivity contribution in [3.8, 4) is 16.9 Å². The van der Waals surface area contributed by atoms with E-state index in [1.165, 1.54) is 18.2 Å². The average Bonchev–Trinajstić information content (AvgIpc) is 3.37. The predicted octanol–water partition coefficient (Wildman–Crippen LogP) is 2.95. The van der Waals surface area contributed by atoms with E-state index in [4.69, 9.17) is 4.74 Å². The summed E-state index contributed by atoms with van der Waals surface area (Å²) in [5.74, 6) is -0.465. The Morgan fingerprint density at radius 3 is 2.66 bits per heavy atom. The van der Waals surface area contributed by atoms with Crippen LogP contribution in [0.1, 0.15) is 31.2 Å². The number of carbonyl (C=O) groups is 1. The number of aliphatic hydroxyl groups is 1. The fraction of sp³-hybridized carbons (Fsp3) is 0.400. The van der Waals surface area contributed by atoms with Crippen LogP contribution in [0.2, 0.25) is 0 Å². The van der Waals surface area contributed by atoms with Crippen LogP contribution in [0.25, 0.3) is 11.1 Å². The largest absolute Gasteiger partial charge is 0.492 e. The lowest BCUT2D eigenvalue weighted by atomic mass is 9.84. The molecule has 3 aliphatic rings. The average molecular weight is 581 g/mol. The maximum Gasteiger partial charge on any atom is 0.247 e. The van der Waals surface area contributed by atoms with E-state index in [-0.39, 0.29) is 36.0 Å². The third kappa shape index (κ3) is 5.72. The highest BCUT2D eigenvalue weighted by atomic mass is 32.2. The molecule has 0 unspecified atom stereocenters. The number of nitrogens with zero attached hydrogens (tertiary/aromatic N) is 3. The second-order valence-corrected chi connectivity index (χ2v) is 13.0. The Hall–Kier alpha value is -3.38. The fourth-order valence-corrected chi connectivity index (χ4v) is 7.88. The van der Waals surface area contributed by atoms with E-state index in [9.17, 15) is 22.7 Å². The molecule has 1 aromatic heterocycles. The van der Waals surface area contributed by atoms with E-state index < -0.39 is 33.6 Å². The maximum absolute atomic E-state index is 13.9. The molecule has 3 aliphatic heterocycles. The summed E-state index contributed by atoms with van der Waals surface area (Å²) in [5.41, 5.74) is 1.86. The number of aromatic nitrogens is 1. The van der Waals surface area contributed by atoms with Gasteiger partial charge in [0.05, 0.1) is 12.7 Å². The lowest BCUT2D eigenvalue weighted by Gasteiger charge is -2.43. The van der Waals surface area contributed by atoms with Crippen molar-refractivity contribution in [1.82, 2.24) is 19.5 Å². The van der Waals surface area contributed by atoms with Crippen LogP contribution >= 0.6 is 0 Å². The number of ether oxygens (including phenoxy) is 1. The van der Waals surface area contributed by atoms with Gasteiger partial charge in [-0.3, -0.25) is 14.7 Å². The first-order valence-corrected chi connectivity index (χ1v) is 15.3. The molecule has 41 heavy (non-hydrogen) atoms. The first kappa shape index (κ1) is 27.8. The number of piperidine rings is 1. The lowest BCUT2D eigenvalue weighted by molar-refractivity contribution is -0.127. The minimum atomic E-state index is -4.16. The summed E-state index contributed by atoms with van der Waals surface area (Å²) in [6, 6.07) is 14.1. The number of likely N-dealkylation sites (tertiary alicyclic amines) is 1. The Labute approximate surface area is 239 Å². The number of fused-ring (bicyclic) bond motifs is 2. The molecule has 6 rings (SSSR count). The highest BCUT2D eigenvalue weighted by molar-refractivity contribution is 7.89. The molecular weight excluding hydrogens is 547 g/mol. The number of pyridine rings is 1. The standard InChI is InChI=1S/C30H33FN4O5S/c31-24-5-1-3-21(15-24)19-34-12-8-30(9-13-34)10-14-40-27-16-22(23-4-2-11-32-18-23)6-7-28(27)41(38,39)35-20-25(36)17-26(35)29(37)33-30/h1-7,11,15-16,18,25-26,36H,8-10,12-14,17,19-20H2,(H,33,37)/t25-,26+/m1/s1. The molecule has 0 bridgehead atoms. The Morgan fingerprint density at radius 1 is 1.07 bits per heavy atom. The zero-order valence-corrected chi connectivity index (χ0v) is 23.4. The van der Waals surface area contributed by atoms with E-state index in [1.807, 2.05) is 12.1 Å². The molecule has 0 radical (unpaired) electrons. The van der Waals surface area contributed by atoms with Crippen LogP contribution in [0.3, 0.4) is 0 Å². The minimum absolute atomic E-state index is 0.0246. The van der Waals surface area contributed by atoms with Crippen molar-refractivity contribution in [2.24, 2.45) is 0 Å². The number of sulfonamides is 1. The summed E-state index contributed by atoms with van der Waals surface area (Å²) in [4.78, 5) is 20.0. The molecule has 2 N–H and O–H groups in total. The molecule has 3 aromatic rings. The quantitative estimate of drug-likeness (QED) is 0.490. The van der Waals surface area contributed by atoms with E-state index >= 15 is 0 Å². The van der Waals surface area contributed by atoms with E-state index in [0.717, 1.165) is 21.0 Å². The van der Waals surface area contributed by atoms with Crippen LogP contribution in [0.5, 0.6) is 5.75 Å². The highest BCUT2D eigenvalue weighted by Gasteiger charge is 2.47. The number of nitrogens with one attached hydrogen (secondary N) is 1. The van der Waals surface area contributed by atoms with Gasteiger partial charge in [0.25, 0.3) is 0 Å². The van der Waals surface area contributed by atoms with Gasteiger partial charge >= 0.3 is 0 Å². The van der Waals surface area contributed by atoms with Gasteiger partial charge in [-0.25, -0.2) is 12.8 Å². The van der Waals surface area contributed by atoms with Crippen LogP contribution in [0.4, 0.5) is 4.39 Å². The van der Waals surface area contributed by atoms with Crippen molar-refractivity contribution in [3.63, 3.8) is 0 Å². The molecule has 216 valence electrons. The zero-order valence-electron chi connectivity index (χ0n) is 22.6. The molecule has 0 aliphatic carbocycles. The van der Waals surface area contributed by atoms with Crippen molar-refractivity contribution in [2.75, 3.05) is 26.2 Å². The van der Waals surface area contributed by atoms with E-state index in [2.05, 4.69) is 15.2 Å². The molecule has 11 heteroatoms. The molecule has 2 atom stereocenters. The second kappa shape index (κ2) is 11.1. The fourth-order valence-electron chi connectivity index (χ4n) is 6.13. The van der Waals surface area contributed by atoms with Crippen LogP contribution < -0.4 is 10.1 Å². The van der Waals surface area contributed by atoms with Gasteiger partial charge in [-0.15, -0.1) is 0 Å². The summed E-state index contributed by atoms with van der Waals surface area (Å²) in [7, 11) is -4.16. The molecule has 0 saturated carbocycles. The number of halogens is 1. The van der Waals surface area contributed by atoms with Gasteiger partial charge < -0.3 is 15.2 Å². The van der Waals surface area contributed by atoms with Crippen molar-refractivity contribution in [2.45, 2.75) is 54.8 Å². The Kier molecular flexibility index (Phi) is 7.54. The van der Waals surface area contributed by atoms with Crippen LogP contribution in [-0.2, 0) is 21.4 Å². The van der Waals surface area contributed by atoms with Crippen molar-refractivity contribution in [3.05, 3.63) is 78.4 Å². The van der Waals surface area contributed by atoms with Gasteiger partial charge in [-0.1, -0.05) is 24.3 Å². The van der Waals surface area contributed by atoms with Crippen LogP contribution in [0.15, 0.2) is 71.9 Å². The third-order valence-corrected chi connectivity index (χ3v) is 10.3. The maximum atomic E-state index is 13.9. The lowest BCUT2D eigenvalue weighted by Crippen LogP contribution is -2.59. The molecule has 2 aromatic carbocycles. The smallest absolute Gasteiger partial charge is 0.247 e. The Bertz CT molecular complexity index is 1530. The molecule has 4 heterocycles. The van der Waals surface area contributed by atoms with Crippen molar-refractivity contribution < 1.29 is 27.4 Å². The third-order valence-electron chi connectivity index (χ3n) is 8.40. The second-order valence-electron chi connectivity index (χ2n) is 11.2. The topological polar surface area (TPSA) is 112 Å². The van der Waals surface area contributed by atoms with Crippen molar-refractivity contribution >= 4 is 15.9 Å². The van der Waals surface area contributed by atoms with Crippen LogP contribution in [-0.4, -0.2) is 77.5 Å². The summed E-state index contributed by atoms with van der Waals surface area (Å²) >= 11 is 0. The zero-order chi connectivity index (χ0) is 28.6. The first-order chi connectivity index (χ1) is 19.7. The number of aliphatic hydroxyl groups excluding tert-OH is 1.